The van der Waals surface area contributed by atoms with Crippen LogP contribution in [0, 0.1) is 0 Å². The van der Waals surface area contributed by atoms with Crippen molar-refractivity contribution in [2.24, 2.45) is 0 Å². The monoisotopic (exact) mass is 477 g/mol. The molecule has 2 heterocycles. The molecule has 4 rings (SSSR count). The molecule has 1 aliphatic heterocycles. The van der Waals surface area contributed by atoms with Gasteiger partial charge in [0.2, 0.25) is 0 Å². The van der Waals surface area contributed by atoms with E-state index in [1.165, 1.54) is 21.8 Å². The highest BCUT2D eigenvalue weighted by atomic mass is 32.1. The number of morpholine rings is 1. The van der Waals surface area contributed by atoms with E-state index in [2.05, 4.69) is 36.2 Å². The molecule has 0 radical (unpaired) electrons. The van der Waals surface area contributed by atoms with E-state index in [9.17, 15) is 9.59 Å². The molecule has 1 fully saturated rings. The molecular formula is C27H31N3O3S. The normalized spacial score (nSPS) is 18.4. The topological polar surface area (TPSA) is 61.9 Å². The van der Waals surface area contributed by atoms with Crippen molar-refractivity contribution in [3.8, 4) is 0 Å². The maximum absolute atomic E-state index is 13.2. The minimum atomic E-state index is -0.204. The number of hydrogen-bond acceptors (Lipinski definition) is 5. The highest BCUT2D eigenvalue weighted by Gasteiger charge is 2.23. The molecule has 0 bridgehead atoms. The lowest BCUT2D eigenvalue weighted by Gasteiger charge is -2.35. The maximum Gasteiger partial charge on any atom is 0.268 e. The number of rotatable bonds is 7. The predicted octanol–water partition coefficient (Wildman–Crippen LogP) is 4.56. The molecule has 2 unspecified atom stereocenters. The van der Waals surface area contributed by atoms with E-state index < -0.39 is 0 Å². The molecule has 34 heavy (non-hydrogen) atoms. The van der Waals surface area contributed by atoms with Gasteiger partial charge in [0.1, 0.15) is 0 Å². The first-order valence-electron chi connectivity index (χ1n) is 11.6. The van der Waals surface area contributed by atoms with Crippen molar-refractivity contribution < 1.29 is 14.3 Å². The second kappa shape index (κ2) is 11.0. The fourth-order valence-electron chi connectivity index (χ4n) is 4.44. The van der Waals surface area contributed by atoms with Gasteiger partial charge < -0.3 is 15.0 Å². The summed E-state index contributed by atoms with van der Waals surface area (Å²) in [5.74, 6) is -0.334. The third-order valence-corrected chi connectivity index (χ3v) is 6.85. The van der Waals surface area contributed by atoms with Crippen LogP contribution in [0.3, 0.4) is 0 Å². The molecular weight excluding hydrogens is 446 g/mol. The summed E-state index contributed by atoms with van der Waals surface area (Å²) < 4.78 is 5.86. The highest BCUT2D eigenvalue weighted by molar-refractivity contribution is 7.12. The molecule has 2 atom stereocenters. The van der Waals surface area contributed by atoms with Crippen LogP contribution in [-0.4, -0.2) is 49.1 Å². The summed E-state index contributed by atoms with van der Waals surface area (Å²) in [6.45, 7) is 7.23. The van der Waals surface area contributed by atoms with Crippen molar-refractivity contribution in [2.45, 2.75) is 39.1 Å². The molecule has 0 spiro atoms. The van der Waals surface area contributed by atoms with Crippen molar-refractivity contribution >= 4 is 28.8 Å². The van der Waals surface area contributed by atoms with Gasteiger partial charge in [0, 0.05) is 33.2 Å². The minimum Gasteiger partial charge on any atom is -0.373 e. The number of carbonyl (C=O) groups is 2. The third-order valence-electron chi connectivity index (χ3n) is 5.99. The number of benzene rings is 2. The third kappa shape index (κ3) is 5.73. The maximum atomic E-state index is 13.2. The Hall–Kier alpha value is -3.00. The first kappa shape index (κ1) is 24.1. The van der Waals surface area contributed by atoms with E-state index in [1.807, 2.05) is 35.7 Å². The Morgan fingerprint density at radius 3 is 2.38 bits per heavy atom. The molecule has 1 N–H and O–H groups in total. The molecule has 2 aromatic carbocycles. The summed E-state index contributed by atoms with van der Waals surface area (Å²) in [5.41, 5.74) is 3.34. The molecule has 0 saturated carbocycles. The standard InChI is InChI=1S/C27H31N3O3S/c1-19-16-30(17-20(2)33-19)18-22-10-5-4-9-21(22)15-28-26(31)23-11-6-7-12-24(23)29(3)27(32)25-13-8-14-34-25/h4-14,19-20H,15-18H2,1-3H3,(H,28,31). The van der Waals surface area contributed by atoms with Gasteiger partial charge >= 0.3 is 0 Å². The Morgan fingerprint density at radius 1 is 1.00 bits per heavy atom. The number of nitrogens with one attached hydrogen (secondary N) is 1. The number of anilines is 1. The molecule has 1 saturated heterocycles. The Labute approximate surface area is 205 Å². The van der Waals surface area contributed by atoms with Crippen molar-refractivity contribution in [1.29, 1.82) is 0 Å². The van der Waals surface area contributed by atoms with Crippen LogP contribution in [0.15, 0.2) is 66.0 Å². The van der Waals surface area contributed by atoms with E-state index in [0.717, 1.165) is 25.2 Å². The Bertz CT molecular complexity index is 1120. The number of ether oxygens (including phenoxy) is 1. The summed E-state index contributed by atoms with van der Waals surface area (Å²) in [6, 6.07) is 19.1. The number of nitrogens with zero attached hydrogens (tertiary/aromatic N) is 2. The zero-order chi connectivity index (χ0) is 24.1. The van der Waals surface area contributed by atoms with Gasteiger partial charge in [-0.25, -0.2) is 0 Å². The van der Waals surface area contributed by atoms with Crippen LogP contribution in [0.2, 0.25) is 0 Å². The lowest BCUT2D eigenvalue weighted by Crippen LogP contribution is -2.45. The smallest absolute Gasteiger partial charge is 0.268 e. The fourth-order valence-corrected chi connectivity index (χ4v) is 5.14. The van der Waals surface area contributed by atoms with Crippen molar-refractivity contribution in [1.82, 2.24) is 10.2 Å². The second-order valence-corrected chi connectivity index (χ2v) is 9.71. The lowest BCUT2D eigenvalue weighted by atomic mass is 10.1. The molecule has 3 aromatic rings. The van der Waals surface area contributed by atoms with Crippen LogP contribution in [0.25, 0.3) is 0 Å². The largest absolute Gasteiger partial charge is 0.373 e. The molecule has 0 aliphatic carbocycles. The SMILES string of the molecule is CC1CN(Cc2ccccc2CNC(=O)c2ccccc2N(C)C(=O)c2cccs2)CC(C)O1. The quantitative estimate of drug-likeness (QED) is 0.542. The second-order valence-electron chi connectivity index (χ2n) is 8.76. The molecule has 178 valence electrons. The van der Waals surface area contributed by atoms with E-state index in [4.69, 9.17) is 4.74 Å². The van der Waals surface area contributed by atoms with Gasteiger partial charge in [-0.1, -0.05) is 42.5 Å². The van der Waals surface area contributed by atoms with E-state index >= 15 is 0 Å². The van der Waals surface area contributed by atoms with Crippen LogP contribution in [0.4, 0.5) is 5.69 Å². The summed E-state index contributed by atoms with van der Waals surface area (Å²) in [5, 5.41) is 4.93. The van der Waals surface area contributed by atoms with Crippen LogP contribution in [-0.2, 0) is 17.8 Å². The van der Waals surface area contributed by atoms with Crippen LogP contribution < -0.4 is 10.2 Å². The highest BCUT2D eigenvalue weighted by Crippen LogP contribution is 2.23. The molecule has 1 aromatic heterocycles. The number of thiophene rings is 1. The molecule has 6 nitrogen and oxygen atoms in total. The zero-order valence-electron chi connectivity index (χ0n) is 19.9. The van der Waals surface area contributed by atoms with Gasteiger partial charge in [0.15, 0.2) is 0 Å². The first-order chi connectivity index (χ1) is 16.4. The summed E-state index contributed by atoms with van der Waals surface area (Å²) in [7, 11) is 1.70. The van der Waals surface area contributed by atoms with Gasteiger partial charge in [-0.2, -0.15) is 0 Å². The Morgan fingerprint density at radius 2 is 1.68 bits per heavy atom. The minimum absolute atomic E-state index is 0.130. The van der Waals surface area contributed by atoms with Crippen molar-refractivity contribution in [3.05, 3.63) is 87.6 Å². The van der Waals surface area contributed by atoms with E-state index in [-0.39, 0.29) is 24.0 Å². The molecule has 1 aliphatic rings. The average molecular weight is 478 g/mol. The average Bonchev–Trinajstić information content (AvgIpc) is 3.37. The fraction of sp³-hybridized carbons (Fsp3) is 0.333. The number of para-hydroxylation sites is 1. The van der Waals surface area contributed by atoms with Crippen LogP contribution >= 0.6 is 11.3 Å². The van der Waals surface area contributed by atoms with Gasteiger partial charge in [-0.15, -0.1) is 11.3 Å². The Kier molecular flexibility index (Phi) is 7.77. The first-order valence-corrected chi connectivity index (χ1v) is 12.4. The number of amides is 2. The lowest BCUT2D eigenvalue weighted by molar-refractivity contribution is -0.0705. The molecule has 2 amide bonds. The predicted molar refractivity (Wildman–Crippen MR) is 136 cm³/mol. The Balaban J connectivity index is 1.45. The summed E-state index contributed by atoms with van der Waals surface area (Å²) >= 11 is 1.39. The zero-order valence-corrected chi connectivity index (χ0v) is 20.7. The van der Waals surface area contributed by atoms with Gasteiger partial charge in [-0.3, -0.25) is 14.5 Å². The summed E-state index contributed by atoms with van der Waals surface area (Å²) in [4.78, 5) is 30.6. The van der Waals surface area contributed by atoms with Gasteiger partial charge in [0.05, 0.1) is 28.3 Å². The number of carbonyl (C=O) groups excluding carboxylic acids is 2. The van der Waals surface area contributed by atoms with Gasteiger partial charge in [0.25, 0.3) is 11.8 Å². The van der Waals surface area contributed by atoms with Crippen molar-refractivity contribution in [2.75, 3.05) is 25.0 Å². The van der Waals surface area contributed by atoms with E-state index in [1.54, 1.807) is 25.2 Å². The van der Waals surface area contributed by atoms with Crippen molar-refractivity contribution in [3.63, 3.8) is 0 Å². The van der Waals surface area contributed by atoms with Gasteiger partial charge in [-0.05, 0) is 48.6 Å². The number of hydrogen-bond donors (Lipinski definition) is 1. The van der Waals surface area contributed by atoms with Crippen LogP contribution in [0.5, 0.6) is 0 Å². The van der Waals surface area contributed by atoms with Crippen LogP contribution in [0.1, 0.15) is 45.0 Å². The van der Waals surface area contributed by atoms with E-state index in [0.29, 0.717) is 22.7 Å². The molecule has 7 heteroatoms. The summed E-state index contributed by atoms with van der Waals surface area (Å²) in [6.07, 6.45) is 0.419.